The van der Waals surface area contributed by atoms with Gasteiger partial charge in [0.2, 0.25) is 0 Å². The summed E-state index contributed by atoms with van der Waals surface area (Å²) in [5.74, 6) is 1.24. The van der Waals surface area contributed by atoms with E-state index < -0.39 is 0 Å². The van der Waals surface area contributed by atoms with Crippen molar-refractivity contribution >= 4 is 0 Å². The Kier molecular flexibility index (Phi) is 7.37. The molecule has 2 saturated carbocycles. The highest BCUT2D eigenvalue weighted by atomic mass is 16.3. The minimum Gasteiger partial charge on any atom is -0.393 e. The standard InChI is InChI=1S/C30H50O/c1-21(12-14-25-23(3)13-15-27(31)29(25,6)7)10-9-11-24-22(2)16-17-30(8)19-18-28(4,5)20-26(24)30/h10,25-27,31H,3,9,11-20H2,1-2,4-8H3/t25-,26-,27+,30-/m0/s1. The molecule has 0 bridgehead atoms. The fourth-order valence-corrected chi connectivity index (χ4v) is 7.01. The molecule has 1 nitrogen and oxygen atoms in total. The Hall–Kier alpha value is -0.820. The van der Waals surface area contributed by atoms with Crippen LogP contribution in [0, 0.1) is 28.1 Å². The van der Waals surface area contributed by atoms with Crippen molar-refractivity contribution in [2.75, 3.05) is 0 Å². The second kappa shape index (κ2) is 9.20. The van der Waals surface area contributed by atoms with Crippen molar-refractivity contribution < 1.29 is 5.11 Å². The minimum atomic E-state index is -0.192. The lowest BCUT2D eigenvalue weighted by molar-refractivity contribution is -0.00880. The van der Waals surface area contributed by atoms with Gasteiger partial charge in [0.1, 0.15) is 0 Å². The van der Waals surface area contributed by atoms with Gasteiger partial charge in [-0.15, -0.1) is 0 Å². The topological polar surface area (TPSA) is 20.2 Å². The first kappa shape index (κ1) is 24.8. The van der Waals surface area contributed by atoms with Crippen LogP contribution in [0.4, 0.5) is 0 Å². The lowest BCUT2D eigenvalue weighted by Gasteiger charge is -2.52. The normalized spacial score (nSPS) is 35.8. The Morgan fingerprint density at radius 1 is 1.10 bits per heavy atom. The fourth-order valence-electron chi connectivity index (χ4n) is 7.01. The molecule has 176 valence electrons. The van der Waals surface area contributed by atoms with Crippen LogP contribution in [0.2, 0.25) is 0 Å². The van der Waals surface area contributed by atoms with Crippen molar-refractivity contribution in [2.24, 2.45) is 28.1 Å². The van der Waals surface area contributed by atoms with Gasteiger partial charge in [-0.2, -0.15) is 0 Å². The second-order valence-corrected chi connectivity index (χ2v) is 13.1. The molecule has 0 aromatic rings. The summed E-state index contributed by atoms with van der Waals surface area (Å²) in [6.07, 6.45) is 15.8. The van der Waals surface area contributed by atoms with E-state index in [4.69, 9.17) is 0 Å². The highest BCUT2D eigenvalue weighted by molar-refractivity contribution is 5.25. The van der Waals surface area contributed by atoms with Gasteiger partial charge < -0.3 is 5.11 Å². The molecule has 0 heterocycles. The van der Waals surface area contributed by atoms with Crippen LogP contribution < -0.4 is 0 Å². The lowest BCUT2D eigenvalue weighted by atomic mass is 9.53. The van der Waals surface area contributed by atoms with E-state index in [0.29, 0.717) is 16.7 Å². The van der Waals surface area contributed by atoms with Crippen molar-refractivity contribution in [2.45, 2.75) is 125 Å². The van der Waals surface area contributed by atoms with E-state index in [1.807, 2.05) is 0 Å². The fraction of sp³-hybridized carbons (Fsp3) is 0.800. The van der Waals surface area contributed by atoms with E-state index in [-0.39, 0.29) is 11.5 Å². The smallest absolute Gasteiger partial charge is 0.0599 e. The highest BCUT2D eigenvalue weighted by Gasteiger charge is 2.46. The average Bonchev–Trinajstić information content (AvgIpc) is 2.68. The zero-order valence-electron chi connectivity index (χ0n) is 21.7. The molecule has 0 aromatic heterocycles. The molecule has 0 unspecified atom stereocenters. The lowest BCUT2D eigenvalue weighted by Crippen LogP contribution is -2.41. The summed E-state index contributed by atoms with van der Waals surface area (Å²) in [7, 11) is 0. The van der Waals surface area contributed by atoms with Gasteiger partial charge in [0.15, 0.2) is 0 Å². The molecule has 3 rings (SSSR count). The van der Waals surface area contributed by atoms with Gasteiger partial charge in [0.25, 0.3) is 0 Å². The number of aliphatic hydroxyl groups excluding tert-OH is 1. The molecule has 0 spiro atoms. The molecular weight excluding hydrogens is 376 g/mol. The number of rotatable bonds is 6. The molecule has 0 aliphatic heterocycles. The number of aliphatic hydroxyl groups is 1. The Morgan fingerprint density at radius 3 is 2.52 bits per heavy atom. The first-order chi connectivity index (χ1) is 14.4. The first-order valence-corrected chi connectivity index (χ1v) is 13.1. The molecular formula is C30H50O. The molecule has 4 atom stereocenters. The summed E-state index contributed by atoms with van der Waals surface area (Å²) in [6, 6.07) is 0. The van der Waals surface area contributed by atoms with E-state index in [1.165, 1.54) is 56.1 Å². The summed E-state index contributed by atoms with van der Waals surface area (Å²) in [6.45, 7) is 21.1. The van der Waals surface area contributed by atoms with Crippen molar-refractivity contribution in [1.82, 2.24) is 0 Å². The van der Waals surface area contributed by atoms with Crippen LogP contribution in [-0.2, 0) is 0 Å². The van der Waals surface area contributed by atoms with Crippen molar-refractivity contribution in [3.63, 3.8) is 0 Å². The third-order valence-corrected chi connectivity index (χ3v) is 9.73. The summed E-state index contributed by atoms with van der Waals surface area (Å²) < 4.78 is 0. The SMILES string of the molecule is C=C1CC[C@@H](O)C(C)(C)[C@H]1CCC(C)=CCCC1=C(C)CC[C@@]2(C)CCC(C)(C)C[C@@H]12. The third kappa shape index (κ3) is 5.40. The van der Waals surface area contributed by atoms with Gasteiger partial charge >= 0.3 is 0 Å². The van der Waals surface area contributed by atoms with Gasteiger partial charge in [-0.25, -0.2) is 0 Å². The Morgan fingerprint density at radius 2 is 1.81 bits per heavy atom. The van der Waals surface area contributed by atoms with Gasteiger partial charge in [-0.05, 0) is 113 Å². The molecule has 0 amide bonds. The maximum absolute atomic E-state index is 10.5. The summed E-state index contributed by atoms with van der Waals surface area (Å²) in [5, 5.41) is 10.5. The van der Waals surface area contributed by atoms with Crippen LogP contribution in [0.3, 0.4) is 0 Å². The van der Waals surface area contributed by atoms with E-state index in [1.54, 1.807) is 11.1 Å². The molecule has 3 aliphatic carbocycles. The number of fused-ring (bicyclic) bond motifs is 1. The zero-order chi connectivity index (χ0) is 23.0. The molecule has 0 saturated heterocycles. The quantitative estimate of drug-likeness (QED) is 0.421. The molecule has 1 heteroatoms. The third-order valence-electron chi connectivity index (χ3n) is 9.73. The van der Waals surface area contributed by atoms with E-state index >= 15 is 0 Å². The molecule has 1 N–H and O–H groups in total. The van der Waals surface area contributed by atoms with E-state index in [2.05, 4.69) is 61.1 Å². The minimum absolute atomic E-state index is 0.0438. The maximum atomic E-state index is 10.5. The van der Waals surface area contributed by atoms with Crippen LogP contribution >= 0.6 is 0 Å². The van der Waals surface area contributed by atoms with Crippen LogP contribution in [0.1, 0.15) is 119 Å². The zero-order valence-corrected chi connectivity index (χ0v) is 21.7. The highest BCUT2D eigenvalue weighted by Crippen LogP contribution is 2.57. The van der Waals surface area contributed by atoms with Gasteiger partial charge in [-0.3, -0.25) is 0 Å². The number of allylic oxidation sites excluding steroid dienone is 5. The number of hydrogen-bond acceptors (Lipinski definition) is 1. The first-order valence-electron chi connectivity index (χ1n) is 13.1. The molecule has 0 aromatic carbocycles. The molecule has 2 fully saturated rings. The predicted molar refractivity (Wildman–Crippen MR) is 135 cm³/mol. The molecule has 0 radical (unpaired) electrons. The molecule has 3 aliphatic rings. The Bertz CT molecular complexity index is 734. The van der Waals surface area contributed by atoms with Crippen molar-refractivity contribution in [3.8, 4) is 0 Å². The monoisotopic (exact) mass is 426 g/mol. The second-order valence-electron chi connectivity index (χ2n) is 13.1. The molecule has 31 heavy (non-hydrogen) atoms. The Balaban J connectivity index is 1.59. The van der Waals surface area contributed by atoms with Crippen molar-refractivity contribution in [1.29, 1.82) is 0 Å². The van der Waals surface area contributed by atoms with Crippen LogP contribution in [0.25, 0.3) is 0 Å². The summed E-state index contributed by atoms with van der Waals surface area (Å²) >= 11 is 0. The van der Waals surface area contributed by atoms with Gasteiger partial charge in [-0.1, -0.05) is 69.6 Å². The van der Waals surface area contributed by atoms with Gasteiger partial charge in [0.05, 0.1) is 6.10 Å². The van der Waals surface area contributed by atoms with E-state index in [0.717, 1.165) is 31.6 Å². The van der Waals surface area contributed by atoms with Crippen LogP contribution in [0.5, 0.6) is 0 Å². The summed E-state index contributed by atoms with van der Waals surface area (Å²) in [5.41, 5.74) is 7.36. The average molecular weight is 427 g/mol. The summed E-state index contributed by atoms with van der Waals surface area (Å²) in [4.78, 5) is 0. The largest absolute Gasteiger partial charge is 0.393 e. The Labute approximate surface area is 193 Å². The maximum Gasteiger partial charge on any atom is 0.0599 e. The van der Waals surface area contributed by atoms with Crippen LogP contribution in [0.15, 0.2) is 34.9 Å². The van der Waals surface area contributed by atoms with E-state index in [9.17, 15) is 5.11 Å². The van der Waals surface area contributed by atoms with Crippen LogP contribution in [-0.4, -0.2) is 11.2 Å². The van der Waals surface area contributed by atoms with Crippen molar-refractivity contribution in [3.05, 3.63) is 34.9 Å². The van der Waals surface area contributed by atoms with Gasteiger partial charge in [0, 0.05) is 0 Å². The number of hydrogen-bond donors (Lipinski definition) is 1. The predicted octanol–water partition coefficient (Wildman–Crippen LogP) is 8.79.